The van der Waals surface area contributed by atoms with E-state index in [2.05, 4.69) is 10.2 Å². The number of thioether (sulfide) groups is 1. The molecular weight excluding hydrogens is 443 g/mol. The van der Waals surface area contributed by atoms with Crippen LogP contribution in [0.1, 0.15) is 16.7 Å². The highest BCUT2D eigenvalue weighted by atomic mass is 35.5. The maximum Gasteiger partial charge on any atom is 0.416 e. The number of hydrogen-bond donors (Lipinski definition) is 0. The van der Waals surface area contributed by atoms with Gasteiger partial charge in [0.1, 0.15) is 0 Å². The second kappa shape index (κ2) is 8.77. The molecule has 8 heteroatoms. The predicted molar refractivity (Wildman–Crippen MR) is 118 cm³/mol. The first-order valence-electron chi connectivity index (χ1n) is 9.39. The van der Waals surface area contributed by atoms with E-state index in [4.69, 9.17) is 11.6 Å². The van der Waals surface area contributed by atoms with E-state index < -0.39 is 11.7 Å². The van der Waals surface area contributed by atoms with E-state index in [-0.39, 0.29) is 0 Å². The van der Waals surface area contributed by atoms with E-state index in [0.29, 0.717) is 27.3 Å². The number of benzene rings is 3. The van der Waals surface area contributed by atoms with Gasteiger partial charge in [-0.25, -0.2) is 0 Å². The molecule has 1 heterocycles. The molecule has 0 bridgehead atoms. The maximum atomic E-state index is 13.0. The Labute approximate surface area is 186 Å². The summed E-state index contributed by atoms with van der Waals surface area (Å²) in [5.74, 6) is 0.886. The van der Waals surface area contributed by atoms with Crippen molar-refractivity contribution in [2.75, 3.05) is 0 Å². The first-order valence-corrected chi connectivity index (χ1v) is 10.8. The van der Waals surface area contributed by atoms with Crippen LogP contribution >= 0.6 is 23.4 Å². The highest BCUT2D eigenvalue weighted by molar-refractivity contribution is 7.98. The Hall–Kier alpha value is -2.77. The molecule has 0 fully saturated rings. The van der Waals surface area contributed by atoms with Gasteiger partial charge < -0.3 is 0 Å². The normalized spacial score (nSPS) is 11.6. The van der Waals surface area contributed by atoms with E-state index in [1.165, 1.54) is 17.8 Å². The topological polar surface area (TPSA) is 30.7 Å². The summed E-state index contributed by atoms with van der Waals surface area (Å²) in [6.07, 6.45) is -4.38. The summed E-state index contributed by atoms with van der Waals surface area (Å²) in [6, 6.07) is 20.5. The molecule has 0 saturated carbocycles. The molecule has 0 saturated heterocycles. The average molecular weight is 460 g/mol. The number of rotatable bonds is 5. The third-order valence-corrected chi connectivity index (χ3v) is 5.99. The summed E-state index contributed by atoms with van der Waals surface area (Å²) >= 11 is 7.71. The molecule has 3 aromatic carbocycles. The summed E-state index contributed by atoms with van der Waals surface area (Å²) in [7, 11) is 0. The van der Waals surface area contributed by atoms with Crippen LogP contribution in [0.3, 0.4) is 0 Å². The zero-order chi connectivity index (χ0) is 22.0. The fourth-order valence-electron chi connectivity index (χ4n) is 3.09. The Bertz CT molecular complexity index is 1200. The van der Waals surface area contributed by atoms with Crippen molar-refractivity contribution < 1.29 is 13.2 Å². The minimum atomic E-state index is -4.38. The smallest absolute Gasteiger partial charge is 0.270 e. The lowest BCUT2D eigenvalue weighted by Crippen LogP contribution is -2.05. The third-order valence-electron chi connectivity index (χ3n) is 4.66. The number of aryl methyl sites for hydroxylation is 1. The lowest BCUT2D eigenvalue weighted by molar-refractivity contribution is -0.137. The third kappa shape index (κ3) is 4.78. The number of aromatic nitrogens is 3. The minimum absolute atomic E-state index is 0.316. The molecule has 0 aliphatic heterocycles. The molecule has 0 amide bonds. The van der Waals surface area contributed by atoms with Gasteiger partial charge in [-0.05, 0) is 42.8 Å². The van der Waals surface area contributed by atoms with Crippen LogP contribution in [-0.2, 0) is 11.9 Å². The van der Waals surface area contributed by atoms with E-state index in [0.717, 1.165) is 28.9 Å². The highest BCUT2D eigenvalue weighted by Gasteiger charge is 2.30. The van der Waals surface area contributed by atoms with Gasteiger partial charge in [0.25, 0.3) is 0 Å². The second-order valence-corrected chi connectivity index (χ2v) is 8.29. The van der Waals surface area contributed by atoms with Gasteiger partial charge in [-0.1, -0.05) is 71.4 Å². The molecule has 4 aromatic rings. The lowest BCUT2D eigenvalue weighted by Gasteiger charge is -2.12. The van der Waals surface area contributed by atoms with Crippen molar-refractivity contribution in [3.8, 4) is 17.1 Å². The molecule has 0 N–H and O–H groups in total. The molecule has 0 aliphatic carbocycles. The Kier molecular flexibility index (Phi) is 6.07. The van der Waals surface area contributed by atoms with Gasteiger partial charge >= 0.3 is 6.18 Å². The second-order valence-electron chi connectivity index (χ2n) is 6.94. The zero-order valence-corrected chi connectivity index (χ0v) is 18.0. The van der Waals surface area contributed by atoms with Crippen LogP contribution in [0.2, 0.25) is 5.02 Å². The summed E-state index contributed by atoms with van der Waals surface area (Å²) in [5.41, 5.74) is 2.56. The monoisotopic (exact) mass is 459 g/mol. The fourth-order valence-corrected chi connectivity index (χ4v) is 4.21. The quantitative estimate of drug-likeness (QED) is 0.295. The Balaban J connectivity index is 1.72. The van der Waals surface area contributed by atoms with Crippen LogP contribution in [0.5, 0.6) is 0 Å². The van der Waals surface area contributed by atoms with Crippen molar-refractivity contribution in [2.45, 2.75) is 24.0 Å². The molecule has 1 aromatic heterocycles. The predicted octanol–water partition coefficient (Wildman–Crippen LogP) is 7.21. The molecule has 31 heavy (non-hydrogen) atoms. The Morgan fingerprint density at radius 3 is 2.39 bits per heavy atom. The molecule has 0 radical (unpaired) electrons. The molecule has 158 valence electrons. The van der Waals surface area contributed by atoms with Gasteiger partial charge in [0.15, 0.2) is 11.0 Å². The van der Waals surface area contributed by atoms with Crippen molar-refractivity contribution in [2.24, 2.45) is 0 Å². The largest absolute Gasteiger partial charge is 0.416 e. The van der Waals surface area contributed by atoms with Crippen LogP contribution < -0.4 is 0 Å². The fraction of sp³-hybridized carbons (Fsp3) is 0.130. The molecule has 0 atom stereocenters. The zero-order valence-electron chi connectivity index (χ0n) is 16.4. The molecule has 0 spiro atoms. The molecule has 0 unspecified atom stereocenters. The van der Waals surface area contributed by atoms with Gasteiger partial charge in [0.2, 0.25) is 0 Å². The van der Waals surface area contributed by atoms with Crippen molar-refractivity contribution >= 4 is 23.4 Å². The summed E-state index contributed by atoms with van der Waals surface area (Å²) in [6.45, 7) is 1.99. The van der Waals surface area contributed by atoms with Crippen LogP contribution in [0.25, 0.3) is 17.1 Å². The highest BCUT2D eigenvalue weighted by Crippen LogP contribution is 2.34. The van der Waals surface area contributed by atoms with Gasteiger partial charge in [0.05, 0.1) is 10.6 Å². The van der Waals surface area contributed by atoms with Gasteiger partial charge in [-0.15, -0.1) is 10.2 Å². The molecule has 4 rings (SSSR count). The van der Waals surface area contributed by atoms with Crippen molar-refractivity contribution in [3.05, 3.63) is 94.5 Å². The van der Waals surface area contributed by atoms with Crippen LogP contribution in [0.15, 0.2) is 78.0 Å². The van der Waals surface area contributed by atoms with E-state index in [9.17, 15) is 13.2 Å². The van der Waals surface area contributed by atoms with Gasteiger partial charge in [0, 0.05) is 17.0 Å². The number of hydrogen-bond acceptors (Lipinski definition) is 3. The summed E-state index contributed by atoms with van der Waals surface area (Å²) < 4.78 is 41.0. The van der Waals surface area contributed by atoms with Crippen LogP contribution in [0, 0.1) is 6.92 Å². The minimum Gasteiger partial charge on any atom is -0.270 e. The SMILES string of the molecule is Cc1ccc(-n2c(SCc3cccc(C(F)(F)F)c3)nnc2-c2ccccc2Cl)cc1. The first-order chi connectivity index (χ1) is 14.8. The maximum absolute atomic E-state index is 13.0. The molecule has 3 nitrogen and oxygen atoms in total. The Morgan fingerprint density at radius 1 is 0.935 bits per heavy atom. The van der Waals surface area contributed by atoms with Crippen molar-refractivity contribution in [1.29, 1.82) is 0 Å². The van der Waals surface area contributed by atoms with Gasteiger partial charge in [-0.2, -0.15) is 13.2 Å². The summed E-state index contributed by atoms with van der Waals surface area (Å²) in [4.78, 5) is 0. The van der Waals surface area contributed by atoms with Gasteiger partial charge in [-0.3, -0.25) is 4.57 Å². The van der Waals surface area contributed by atoms with Crippen LogP contribution in [-0.4, -0.2) is 14.8 Å². The summed E-state index contributed by atoms with van der Waals surface area (Å²) in [5, 5.41) is 9.76. The van der Waals surface area contributed by atoms with E-state index in [1.54, 1.807) is 12.1 Å². The first kappa shape index (κ1) is 21.5. The number of halogens is 4. The van der Waals surface area contributed by atoms with Crippen molar-refractivity contribution in [1.82, 2.24) is 14.8 Å². The number of alkyl halides is 3. The molecular formula is C23H17ClF3N3S. The Morgan fingerprint density at radius 2 is 1.68 bits per heavy atom. The number of nitrogens with zero attached hydrogens (tertiary/aromatic N) is 3. The van der Waals surface area contributed by atoms with E-state index >= 15 is 0 Å². The standard InChI is InChI=1S/C23H17ClF3N3S/c1-15-9-11-18(12-10-15)30-21(19-7-2-3-8-20(19)24)28-29-22(30)31-14-16-5-4-6-17(13-16)23(25,26)27/h2-13H,14H2,1H3. The molecule has 0 aliphatic rings. The average Bonchev–Trinajstić information content (AvgIpc) is 3.16. The van der Waals surface area contributed by atoms with Crippen molar-refractivity contribution in [3.63, 3.8) is 0 Å². The lowest BCUT2D eigenvalue weighted by atomic mass is 10.1. The van der Waals surface area contributed by atoms with Crippen LogP contribution in [0.4, 0.5) is 13.2 Å². The van der Waals surface area contributed by atoms with E-state index in [1.807, 2.05) is 54.0 Å².